The molecule has 0 N–H and O–H groups in total. The highest BCUT2D eigenvalue weighted by Crippen LogP contribution is 2.38. The summed E-state index contributed by atoms with van der Waals surface area (Å²) in [6.07, 6.45) is -8.17. The van der Waals surface area contributed by atoms with Gasteiger partial charge in [0.15, 0.2) is 11.6 Å². The van der Waals surface area contributed by atoms with Crippen LogP contribution >= 0.6 is 11.8 Å². The number of nitrogens with zero attached hydrogens (tertiary/aromatic N) is 5. The number of carbonyl (C=O) groups excluding carboxylic acids is 1. The smallest absolute Gasteiger partial charge is 0.426 e. The zero-order valence-electron chi connectivity index (χ0n) is 22.8. The van der Waals surface area contributed by atoms with Gasteiger partial charge in [-0.3, -0.25) is 4.79 Å². The van der Waals surface area contributed by atoms with Crippen LogP contribution in [-0.2, 0) is 4.79 Å². The van der Waals surface area contributed by atoms with Gasteiger partial charge in [0.05, 0.1) is 23.6 Å². The van der Waals surface area contributed by atoms with Gasteiger partial charge in [-0.15, -0.1) is 10.2 Å². The molecular formula is C30H24F5N5O2S. The second-order valence-corrected chi connectivity index (χ2v) is 10.9. The monoisotopic (exact) mass is 613 g/mol. The second kappa shape index (κ2) is 12.1. The van der Waals surface area contributed by atoms with Crippen molar-refractivity contribution >= 4 is 28.8 Å². The van der Waals surface area contributed by atoms with E-state index in [1.54, 1.807) is 30.5 Å². The van der Waals surface area contributed by atoms with E-state index < -0.39 is 24.0 Å². The molecule has 0 aliphatic carbocycles. The predicted molar refractivity (Wildman–Crippen MR) is 154 cm³/mol. The molecule has 0 bridgehead atoms. The van der Waals surface area contributed by atoms with Crippen molar-refractivity contribution in [3.8, 4) is 22.8 Å². The Hall–Kier alpha value is -4.39. The van der Waals surface area contributed by atoms with Gasteiger partial charge in [-0.2, -0.15) is 27.1 Å². The number of ether oxygens (including phenoxy) is 1. The van der Waals surface area contributed by atoms with Crippen molar-refractivity contribution in [3.05, 3.63) is 95.8 Å². The zero-order valence-corrected chi connectivity index (χ0v) is 23.6. The summed E-state index contributed by atoms with van der Waals surface area (Å²) >= 11 is 1.40. The van der Waals surface area contributed by atoms with Crippen molar-refractivity contribution in [2.45, 2.75) is 38.0 Å². The summed E-state index contributed by atoms with van der Waals surface area (Å²) in [5.74, 6) is 0.0139. The summed E-state index contributed by atoms with van der Waals surface area (Å²) in [4.78, 5) is 17.0. The molecule has 1 aromatic heterocycles. The van der Waals surface area contributed by atoms with Crippen LogP contribution in [0.2, 0.25) is 0 Å². The van der Waals surface area contributed by atoms with Crippen LogP contribution in [-0.4, -0.2) is 49.8 Å². The summed E-state index contributed by atoms with van der Waals surface area (Å²) in [6, 6.07) is 19.6. The van der Waals surface area contributed by atoms with Gasteiger partial charge in [0.2, 0.25) is 0 Å². The maximum absolute atomic E-state index is 13.1. The van der Waals surface area contributed by atoms with E-state index in [0.29, 0.717) is 27.9 Å². The summed E-state index contributed by atoms with van der Waals surface area (Å²) in [5.41, 5.74) is 3.89. The highest BCUT2D eigenvalue weighted by molar-refractivity contribution is 8.15. The van der Waals surface area contributed by atoms with Gasteiger partial charge in [0, 0.05) is 5.56 Å². The molecule has 1 aliphatic rings. The molecule has 0 amide bonds. The molecule has 1 saturated heterocycles. The first kappa shape index (κ1) is 30.1. The quantitative estimate of drug-likeness (QED) is 0.117. The van der Waals surface area contributed by atoms with Crippen LogP contribution in [0.15, 0.2) is 89.3 Å². The largest absolute Gasteiger partial charge is 0.499 e. The molecule has 1 unspecified atom stereocenters. The van der Waals surface area contributed by atoms with Crippen molar-refractivity contribution in [2.75, 3.05) is 5.75 Å². The highest BCUT2D eigenvalue weighted by Gasteiger charge is 2.61. The molecule has 4 aromatic rings. The van der Waals surface area contributed by atoms with Crippen molar-refractivity contribution in [1.82, 2.24) is 14.8 Å². The van der Waals surface area contributed by atoms with E-state index in [-0.39, 0.29) is 11.7 Å². The fourth-order valence-corrected chi connectivity index (χ4v) is 5.39. The number of carbonyl (C=O) groups is 1. The Kier molecular flexibility index (Phi) is 8.45. The molecule has 0 saturated carbocycles. The average molecular weight is 614 g/mol. The molecule has 0 spiro atoms. The molecule has 1 aliphatic heterocycles. The first-order valence-corrected chi connectivity index (χ1v) is 14.0. The maximum atomic E-state index is 13.1. The topological polar surface area (TPSA) is 81.7 Å². The third-order valence-electron chi connectivity index (χ3n) is 6.56. The number of aromatic nitrogens is 3. The lowest BCUT2D eigenvalue weighted by molar-refractivity contribution is -0.360. The Labute approximate surface area is 247 Å². The number of rotatable bonds is 8. The normalized spacial score (nSPS) is 17.0. The summed E-state index contributed by atoms with van der Waals surface area (Å²) in [7, 11) is 0. The summed E-state index contributed by atoms with van der Waals surface area (Å²) < 4.78 is 68.5. The van der Waals surface area contributed by atoms with Gasteiger partial charge >= 0.3 is 12.3 Å². The van der Waals surface area contributed by atoms with E-state index in [1.807, 2.05) is 24.3 Å². The number of Topliss-reactive ketones (excluding diaryl/α,β-unsaturated/α-hetero) is 1. The van der Waals surface area contributed by atoms with Crippen molar-refractivity contribution in [2.24, 2.45) is 10.2 Å². The number of hydrogen-bond acceptors (Lipinski definition) is 7. The van der Waals surface area contributed by atoms with Crippen LogP contribution in [0.1, 0.15) is 42.4 Å². The first-order chi connectivity index (χ1) is 20.4. The van der Waals surface area contributed by atoms with Crippen molar-refractivity contribution in [3.63, 3.8) is 0 Å². The fraction of sp³-hybridized carbons (Fsp3) is 0.233. The van der Waals surface area contributed by atoms with E-state index in [1.165, 1.54) is 34.9 Å². The summed E-state index contributed by atoms with van der Waals surface area (Å²) in [6.45, 7) is 4.18. The minimum atomic E-state index is -5.83. The molecule has 7 nitrogen and oxygen atoms in total. The maximum Gasteiger partial charge on any atom is 0.499 e. The van der Waals surface area contributed by atoms with Crippen LogP contribution in [0.3, 0.4) is 0 Å². The second-order valence-electron chi connectivity index (χ2n) is 9.90. The molecule has 222 valence electrons. The van der Waals surface area contributed by atoms with E-state index in [9.17, 15) is 26.7 Å². The van der Waals surface area contributed by atoms with E-state index in [4.69, 9.17) is 0 Å². The predicted octanol–water partition coefficient (Wildman–Crippen LogP) is 7.42. The molecule has 1 fully saturated rings. The minimum absolute atomic E-state index is 0.107. The van der Waals surface area contributed by atoms with Gasteiger partial charge in [-0.25, -0.2) is 9.67 Å². The summed E-state index contributed by atoms with van der Waals surface area (Å²) in [5, 5.41) is 13.6. The lowest BCUT2D eigenvalue weighted by atomic mass is 9.87. The molecule has 2 heterocycles. The van der Waals surface area contributed by atoms with E-state index in [0.717, 1.165) is 28.8 Å². The Bertz CT molecular complexity index is 1670. The van der Waals surface area contributed by atoms with Gasteiger partial charge in [0.25, 0.3) is 0 Å². The molecule has 1 atom stereocenters. The number of ketones is 1. The average Bonchev–Trinajstić information content (AvgIpc) is 3.60. The minimum Gasteiger partial charge on any atom is -0.426 e. The first-order valence-electron chi connectivity index (χ1n) is 13.0. The molecule has 0 radical (unpaired) electrons. The SMILES string of the molecule is CC(C)c1ccccc1C1C(=O)CS/C1=N\N=C\c1ccc(-c2ncn(-c3ccc(OC(F)(F)C(F)(F)F)cc3)n2)cc1. The third-order valence-corrected chi connectivity index (χ3v) is 7.60. The highest BCUT2D eigenvalue weighted by atomic mass is 32.2. The standard InChI is InChI=1S/C30H24F5N5O2S/c1-18(2)23-5-3-4-6-24(23)26-25(41)16-43-28(26)38-37-15-19-7-9-20(10-8-19)27-36-17-40(39-27)21-11-13-22(14-12-21)42-30(34,35)29(31,32)33/h3-15,17-18,26H,16H2,1-2H3/b37-15+,38-28-. The van der Waals surface area contributed by atoms with E-state index in [2.05, 4.69) is 38.9 Å². The number of hydrogen-bond donors (Lipinski definition) is 0. The Morgan fingerprint density at radius 1 is 1.00 bits per heavy atom. The number of benzene rings is 3. The van der Waals surface area contributed by atoms with Crippen molar-refractivity contribution in [1.29, 1.82) is 0 Å². The van der Waals surface area contributed by atoms with Gasteiger partial charge in [-0.1, -0.05) is 74.1 Å². The fourth-order valence-electron chi connectivity index (χ4n) is 4.41. The molecule has 13 heteroatoms. The van der Waals surface area contributed by atoms with Crippen molar-refractivity contribution < 1.29 is 31.5 Å². The molecule has 5 rings (SSSR count). The Balaban J connectivity index is 1.26. The molecule has 43 heavy (non-hydrogen) atoms. The van der Waals surface area contributed by atoms with Crippen LogP contribution in [0.4, 0.5) is 22.0 Å². The number of alkyl halides is 5. The number of halogens is 5. The van der Waals surface area contributed by atoms with Crippen LogP contribution < -0.4 is 4.74 Å². The van der Waals surface area contributed by atoms with Crippen LogP contribution in [0.5, 0.6) is 5.75 Å². The lowest BCUT2D eigenvalue weighted by Crippen LogP contribution is -2.41. The van der Waals surface area contributed by atoms with Crippen LogP contribution in [0, 0.1) is 0 Å². The van der Waals surface area contributed by atoms with Gasteiger partial charge < -0.3 is 4.74 Å². The zero-order chi connectivity index (χ0) is 30.8. The molecule has 3 aromatic carbocycles. The Morgan fingerprint density at radius 2 is 1.70 bits per heavy atom. The Morgan fingerprint density at radius 3 is 2.37 bits per heavy atom. The van der Waals surface area contributed by atoms with Crippen LogP contribution in [0.25, 0.3) is 17.1 Å². The molecular weight excluding hydrogens is 589 g/mol. The van der Waals surface area contributed by atoms with Gasteiger partial charge in [0.1, 0.15) is 17.1 Å². The van der Waals surface area contributed by atoms with Gasteiger partial charge in [-0.05, 0) is 46.9 Å². The number of thioether (sulfide) groups is 1. The lowest BCUT2D eigenvalue weighted by Gasteiger charge is -2.20. The third kappa shape index (κ3) is 6.66. The van der Waals surface area contributed by atoms with E-state index >= 15 is 0 Å².